The maximum atomic E-state index is 13.6. The van der Waals surface area contributed by atoms with Crippen LogP contribution in [-0.2, 0) is 6.42 Å². The molecule has 20 heavy (non-hydrogen) atoms. The molecule has 3 aromatic rings. The zero-order chi connectivity index (χ0) is 14.1. The van der Waals surface area contributed by atoms with E-state index in [1.807, 2.05) is 12.1 Å². The number of rotatable bonds is 3. The van der Waals surface area contributed by atoms with Crippen molar-refractivity contribution in [2.24, 2.45) is 0 Å². The monoisotopic (exact) mass is 333 g/mol. The number of Topliss-reactive ketones (excluding diaryl/α,β-unsaturated/α-hetero) is 1. The first-order valence-corrected chi connectivity index (χ1v) is 6.75. The molecule has 0 unspecified atom stereocenters. The van der Waals surface area contributed by atoms with Gasteiger partial charge in [-0.3, -0.25) is 4.79 Å². The standard InChI is InChI=1S/C15H9BrFNO2/c16-9-5-6-11(17)10(7-9)13(19)8-15-18-12-3-1-2-4-14(12)20-15/h1-7H,8H2. The highest BCUT2D eigenvalue weighted by Crippen LogP contribution is 2.19. The Morgan fingerprint density at radius 2 is 2.05 bits per heavy atom. The van der Waals surface area contributed by atoms with Crippen molar-refractivity contribution in [2.45, 2.75) is 6.42 Å². The Labute approximate surface area is 122 Å². The van der Waals surface area contributed by atoms with Crippen LogP contribution in [0.4, 0.5) is 4.39 Å². The summed E-state index contributed by atoms with van der Waals surface area (Å²) >= 11 is 3.22. The number of benzene rings is 2. The molecule has 0 radical (unpaired) electrons. The number of fused-ring (bicyclic) bond motifs is 1. The third-order valence-electron chi connectivity index (χ3n) is 2.88. The summed E-state index contributed by atoms with van der Waals surface area (Å²) in [5.41, 5.74) is 1.33. The van der Waals surface area contributed by atoms with Crippen LogP contribution < -0.4 is 0 Å². The van der Waals surface area contributed by atoms with Gasteiger partial charge in [0.2, 0.25) is 5.89 Å². The summed E-state index contributed by atoms with van der Waals surface area (Å²) in [4.78, 5) is 16.3. The third-order valence-corrected chi connectivity index (χ3v) is 3.37. The first kappa shape index (κ1) is 13.0. The molecule has 2 aromatic carbocycles. The average molecular weight is 334 g/mol. The van der Waals surface area contributed by atoms with Crippen LogP contribution in [0, 0.1) is 5.82 Å². The van der Waals surface area contributed by atoms with Gasteiger partial charge >= 0.3 is 0 Å². The lowest BCUT2D eigenvalue weighted by atomic mass is 10.1. The summed E-state index contributed by atoms with van der Waals surface area (Å²) in [6.45, 7) is 0. The van der Waals surface area contributed by atoms with Crippen LogP contribution in [0.5, 0.6) is 0 Å². The molecule has 0 bridgehead atoms. The van der Waals surface area contributed by atoms with E-state index in [9.17, 15) is 9.18 Å². The predicted octanol–water partition coefficient (Wildman–Crippen LogP) is 4.15. The van der Waals surface area contributed by atoms with Gasteiger partial charge in [0.15, 0.2) is 11.4 Å². The number of hydrogen-bond donors (Lipinski definition) is 0. The molecule has 0 aliphatic heterocycles. The number of halogens is 2. The van der Waals surface area contributed by atoms with Crippen LogP contribution in [0.1, 0.15) is 16.2 Å². The van der Waals surface area contributed by atoms with E-state index < -0.39 is 5.82 Å². The molecule has 5 heteroatoms. The number of oxazole rings is 1. The number of ketones is 1. The summed E-state index contributed by atoms with van der Waals surface area (Å²) < 4.78 is 19.8. The van der Waals surface area contributed by atoms with Gasteiger partial charge in [-0.05, 0) is 30.3 Å². The molecule has 0 saturated heterocycles. The molecule has 0 spiro atoms. The number of hydrogen-bond acceptors (Lipinski definition) is 3. The minimum atomic E-state index is -0.547. The Bertz CT molecular complexity index is 764. The summed E-state index contributed by atoms with van der Waals surface area (Å²) in [6.07, 6.45) is -0.0674. The van der Waals surface area contributed by atoms with E-state index in [0.717, 1.165) is 0 Å². The second-order valence-electron chi connectivity index (χ2n) is 4.30. The lowest BCUT2D eigenvalue weighted by molar-refractivity contribution is 0.0982. The minimum Gasteiger partial charge on any atom is -0.440 e. The second-order valence-corrected chi connectivity index (χ2v) is 5.22. The highest BCUT2D eigenvalue weighted by atomic mass is 79.9. The number of carbonyl (C=O) groups is 1. The molecule has 0 atom stereocenters. The molecule has 0 fully saturated rings. The lowest BCUT2D eigenvalue weighted by Gasteiger charge is -2.01. The third kappa shape index (κ3) is 2.49. The molecule has 1 heterocycles. The number of carbonyl (C=O) groups excluding carboxylic acids is 1. The Morgan fingerprint density at radius 3 is 2.85 bits per heavy atom. The van der Waals surface area contributed by atoms with Gasteiger partial charge in [0.05, 0.1) is 12.0 Å². The van der Waals surface area contributed by atoms with Crippen molar-refractivity contribution < 1.29 is 13.6 Å². The fraction of sp³-hybridized carbons (Fsp3) is 0.0667. The Hall–Kier alpha value is -2.01. The molecule has 1 aromatic heterocycles. The number of nitrogens with zero attached hydrogens (tertiary/aromatic N) is 1. The molecule has 0 N–H and O–H groups in total. The molecular weight excluding hydrogens is 325 g/mol. The zero-order valence-corrected chi connectivity index (χ0v) is 11.9. The van der Waals surface area contributed by atoms with Crippen LogP contribution in [-0.4, -0.2) is 10.8 Å². The fourth-order valence-electron chi connectivity index (χ4n) is 1.94. The van der Waals surface area contributed by atoms with Gasteiger partial charge in [-0.25, -0.2) is 9.37 Å². The summed E-state index contributed by atoms with van der Waals surface area (Å²) in [6, 6.07) is 11.5. The van der Waals surface area contributed by atoms with E-state index in [1.54, 1.807) is 18.2 Å². The van der Waals surface area contributed by atoms with Crippen LogP contribution in [0.2, 0.25) is 0 Å². The van der Waals surface area contributed by atoms with Crippen molar-refractivity contribution in [3.8, 4) is 0 Å². The smallest absolute Gasteiger partial charge is 0.203 e. The topological polar surface area (TPSA) is 43.1 Å². The first-order chi connectivity index (χ1) is 9.63. The summed E-state index contributed by atoms with van der Waals surface area (Å²) in [7, 11) is 0. The minimum absolute atomic E-state index is 0.0293. The van der Waals surface area contributed by atoms with E-state index in [-0.39, 0.29) is 23.7 Å². The Kier molecular flexibility index (Phi) is 3.36. The summed E-state index contributed by atoms with van der Waals surface area (Å²) in [5.74, 6) is -0.625. The molecular formula is C15H9BrFNO2. The highest BCUT2D eigenvalue weighted by molar-refractivity contribution is 9.10. The Morgan fingerprint density at radius 1 is 1.25 bits per heavy atom. The zero-order valence-electron chi connectivity index (χ0n) is 10.3. The molecule has 0 aliphatic rings. The van der Waals surface area contributed by atoms with Crippen LogP contribution >= 0.6 is 15.9 Å². The SMILES string of the molecule is O=C(Cc1nc2ccccc2o1)c1cc(Br)ccc1F. The van der Waals surface area contributed by atoms with Crippen LogP contribution in [0.15, 0.2) is 51.4 Å². The Balaban J connectivity index is 1.90. The quantitative estimate of drug-likeness (QED) is 0.676. The fourth-order valence-corrected chi connectivity index (χ4v) is 2.30. The van der Waals surface area contributed by atoms with Crippen molar-refractivity contribution >= 4 is 32.8 Å². The van der Waals surface area contributed by atoms with E-state index in [0.29, 0.717) is 15.6 Å². The maximum absolute atomic E-state index is 13.6. The van der Waals surface area contributed by atoms with Gasteiger partial charge in [0.25, 0.3) is 0 Å². The van der Waals surface area contributed by atoms with Crippen molar-refractivity contribution in [3.63, 3.8) is 0 Å². The predicted molar refractivity (Wildman–Crippen MR) is 76.1 cm³/mol. The molecule has 0 aliphatic carbocycles. The molecule has 3 nitrogen and oxygen atoms in total. The van der Waals surface area contributed by atoms with Gasteiger partial charge < -0.3 is 4.42 Å². The van der Waals surface area contributed by atoms with Crippen molar-refractivity contribution in [1.82, 2.24) is 4.98 Å². The second kappa shape index (κ2) is 5.17. The van der Waals surface area contributed by atoms with Crippen molar-refractivity contribution in [2.75, 3.05) is 0 Å². The van der Waals surface area contributed by atoms with Crippen LogP contribution in [0.25, 0.3) is 11.1 Å². The molecule has 3 rings (SSSR count). The molecule has 100 valence electrons. The average Bonchev–Trinajstić information content (AvgIpc) is 2.83. The van der Waals surface area contributed by atoms with Gasteiger partial charge in [-0.2, -0.15) is 0 Å². The van der Waals surface area contributed by atoms with E-state index >= 15 is 0 Å². The number of aromatic nitrogens is 1. The van der Waals surface area contributed by atoms with Gasteiger partial charge in [0, 0.05) is 4.47 Å². The van der Waals surface area contributed by atoms with Crippen molar-refractivity contribution in [3.05, 3.63) is 64.2 Å². The van der Waals surface area contributed by atoms with Gasteiger partial charge in [0.1, 0.15) is 11.3 Å². The lowest BCUT2D eigenvalue weighted by Crippen LogP contribution is -2.06. The van der Waals surface area contributed by atoms with E-state index in [2.05, 4.69) is 20.9 Å². The molecule has 0 saturated carbocycles. The first-order valence-electron chi connectivity index (χ1n) is 5.96. The van der Waals surface area contributed by atoms with E-state index in [4.69, 9.17) is 4.42 Å². The van der Waals surface area contributed by atoms with Gasteiger partial charge in [-0.15, -0.1) is 0 Å². The maximum Gasteiger partial charge on any atom is 0.203 e. The van der Waals surface area contributed by atoms with Crippen molar-refractivity contribution in [1.29, 1.82) is 0 Å². The largest absolute Gasteiger partial charge is 0.440 e. The summed E-state index contributed by atoms with van der Waals surface area (Å²) in [5, 5.41) is 0. The number of para-hydroxylation sites is 2. The van der Waals surface area contributed by atoms with Crippen LogP contribution in [0.3, 0.4) is 0 Å². The van der Waals surface area contributed by atoms with Gasteiger partial charge in [-0.1, -0.05) is 28.1 Å². The molecule has 0 amide bonds. The van der Waals surface area contributed by atoms with E-state index in [1.165, 1.54) is 12.1 Å². The normalized spacial score (nSPS) is 10.9. The highest BCUT2D eigenvalue weighted by Gasteiger charge is 2.16.